The Hall–Kier alpha value is -1.37. The third-order valence-electron chi connectivity index (χ3n) is 1.95. The summed E-state index contributed by atoms with van der Waals surface area (Å²) >= 11 is 0. The first-order valence-corrected chi connectivity index (χ1v) is 5.93. The van der Waals surface area contributed by atoms with Crippen LogP contribution in [-0.2, 0) is 9.84 Å². The molecule has 0 bridgehead atoms. The Morgan fingerprint density at radius 2 is 2.07 bits per heavy atom. The van der Waals surface area contributed by atoms with Crippen LogP contribution in [0.4, 0.5) is 11.6 Å². The van der Waals surface area contributed by atoms with E-state index in [0.717, 1.165) is 0 Å². The van der Waals surface area contributed by atoms with Crippen molar-refractivity contribution in [2.75, 3.05) is 22.6 Å². The number of hydrogen-bond donors (Lipinski definition) is 2. The molecule has 0 aliphatic carbocycles. The molecule has 1 aromatic heterocycles. The topological polar surface area (TPSA) is 98.0 Å². The smallest absolute Gasteiger partial charge is 0.154 e. The second-order valence-corrected chi connectivity index (χ2v) is 5.42. The molecule has 7 heteroatoms. The minimum absolute atomic E-state index is 0.0436. The number of nitrogens with zero attached hydrogens (tertiary/aromatic N) is 2. The van der Waals surface area contributed by atoms with Crippen molar-refractivity contribution in [1.82, 2.24) is 10.2 Å². The Morgan fingerprint density at radius 1 is 1.36 bits per heavy atom. The van der Waals surface area contributed by atoms with Gasteiger partial charge in [0.15, 0.2) is 9.84 Å². The lowest BCUT2D eigenvalue weighted by atomic mass is 10.3. The third kappa shape index (κ3) is 1.92. The van der Waals surface area contributed by atoms with E-state index in [1.807, 2.05) is 0 Å². The van der Waals surface area contributed by atoms with Gasteiger partial charge in [-0.1, -0.05) is 0 Å². The molecule has 0 aromatic carbocycles. The van der Waals surface area contributed by atoms with Crippen LogP contribution < -0.4 is 11.1 Å². The van der Waals surface area contributed by atoms with E-state index in [0.29, 0.717) is 11.6 Å². The van der Waals surface area contributed by atoms with Crippen LogP contribution in [0.2, 0.25) is 0 Å². The molecular weight excluding hydrogens is 204 g/mol. The minimum atomic E-state index is -2.79. The molecule has 1 aromatic rings. The third-order valence-corrected chi connectivity index (χ3v) is 3.77. The van der Waals surface area contributed by atoms with Crippen molar-refractivity contribution in [3.05, 3.63) is 12.1 Å². The number of nitrogens with two attached hydrogens (primary N) is 1. The predicted octanol–water partition coefficient (Wildman–Crippen LogP) is -0.732. The summed E-state index contributed by atoms with van der Waals surface area (Å²) in [5.41, 5.74) is 5.35. The van der Waals surface area contributed by atoms with Gasteiger partial charge in [-0.05, 0) is 12.1 Å². The fraction of sp³-hybridized carbons (Fsp3) is 0.429. The molecular formula is C7H10N4O2S. The minimum Gasteiger partial charge on any atom is -0.382 e. The lowest BCUT2D eigenvalue weighted by Crippen LogP contribution is -2.46. The molecule has 0 unspecified atom stereocenters. The first-order valence-electron chi connectivity index (χ1n) is 4.11. The van der Waals surface area contributed by atoms with Crippen molar-refractivity contribution in [3.63, 3.8) is 0 Å². The Bertz CT molecular complexity index is 416. The molecule has 6 nitrogen and oxygen atoms in total. The summed E-state index contributed by atoms with van der Waals surface area (Å²) in [6, 6.07) is 3.24. The molecule has 0 atom stereocenters. The molecule has 0 radical (unpaired) electrons. The van der Waals surface area contributed by atoms with Crippen LogP contribution in [0, 0.1) is 0 Å². The Labute approximate surface area is 81.4 Å². The monoisotopic (exact) mass is 214 g/mol. The average molecular weight is 214 g/mol. The van der Waals surface area contributed by atoms with Gasteiger partial charge in [-0.2, -0.15) is 0 Å². The van der Waals surface area contributed by atoms with Crippen LogP contribution in [-0.4, -0.2) is 36.2 Å². The zero-order valence-corrected chi connectivity index (χ0v) is 8.16. The summed E-state index contributed by atoms with van der Waals surface area (Å²) in [6.07, 6.45) is 0. The maximum absolute atomic E-state index is 10.8. The first kappa shape index (κ1) is 9.20. The van der Waals surface area contributed by atoms with Gasteiger partial charge in [0.2, 0.25) is 0 Å². The SMILES string of the molecule is Nc1ccc(NC2CS(=O)(=O)C2)nn1. The number of anilines is 2. The Balaban J connectivity index is 1.97. The van der Waals surface area contributed by atoms with Crippen LogP contribution >= 0.6 is 0 Å². The van der Waals surface area contributed by atoms with Crippen molar-refractivity contribution in [2.45, 2.75) is 6.04 Å². The number of sulfone groups is 1. The van der Waals surface area contributed by atoms with Gasteiger partial charge in [0.25, 0.3) is 0 Å². The van der Waals surface area contributed by atoms with E-state index in [9.17, 15) is 8.42 Å². The number of rotatable bonds is 2. The highest BCUT2D eigenvalue weighted by Crippen LogP contribution is 2.15. The van der Waals surface area contributed by atoms with E-state index in [4.69, 9.17) is 5.73 Å². The largest absolute Gasteiger partial charge is 0.382 e. The van der Waals surface area contributed by atoms with Crippen LogP contribution in [0.25, 0.3) is 0 Å². The van der Waals surface area contributed by atoms with E-state index >= 15 is 0 Å². The Kier molecular flexibility index (Phi) is 2.03. The highest BCUT2D eigenvalue weighted by atomic mass is 32.2. The summed E-state index contributed by atoms with van der Waals surface area (Å²) in [6.45, 7) is 0. The van der Waals surface area contributed by atoms with E-state index in [2.05, 4.69) is 15.5 Å². The standard InChI is InChI=1S/C7H10N4O2S/c8-6-1-2-7(11-10-6)9-5-3-14(12,13)4-5/h1-2,5H,3-4H2,(H2,8,10)(H,9,11). The van der Waals surface area contributed by atoms with Crippen LogP contribution in [0.1, 0.15) is 0 Å². The van der Waals surface area contributed by atoms with Gasteiger partial charge in [0.1, 0.15) is 11.6 Å². The molecule has 0 saturated carbocycles. The second kappa shape index (κ2) is 3.09. The lowest BCUT2D eigenvalue weighted by Gasteiger charge is -2.26. The van der Waals surface area contributed by atoms with Gasteiger partial charge in [0, 0.05) is 0 Å². The fourth-order valence-electron chi connectivity index (χ4n) is 1.28. The first-order chi connectivity index (χ1) is 6.55. The van der Waals surface area contributed by atoms with Crippen LogP contribution in [0.5, 0.6) is 0 Å². The van der Waals surface area contributed by atoms with E-state index < -0.39 is 9.84 Å². The molecule has 14 heavy (non-hydrogen) atoms. The molecule has 0 spiro atoms. The highest BCUT2D eigenvalue weighted by molar-refractivity contribution is 7.92. The van der Waals surface area contributed by atoms with Crippen LogP contribution in [0.3, 0.4) is 0 Å². The van der Waals surface area contributed by atoms with Crippen molar-refractivity contribution >= 4 is 21.5 Å². The van der Waals surface area contributed by atoms with E-state index in [1.54, 1.807) is 12.1 Å². The lowest BCUT2D eigenvalue weighted by molar-refractivity contribution is 0.570. The summed E-state index contributed by atoms with van der Waals surface area (Å²) < 4.78 is 21.7. The number of aromatic nitrogens is 2. The van der Waals surface area contributed by atoms with E-state index in [-0.39, 0.29) is 17.5 Å². The van der Waals surface area contributed by atoms with Crippen LogP contribution in [0.15, 0.2) is 12.1 Å². The number of nitrogen functional groups attached to an aromatic ring is 1. The zero-order valence-electron chi connectivity index (χ0n) is 7.34. The molecule has 2 rings (SSSR count). The summed E-state index contributed by atoms with van der Waals surface area (Å²) in [5.74, 6) is 1.23. The summed E-state index contributed by atoms with van der Waals surface area (Å²) in [4.78, 5) is 0. The normalized spacial score (nSPS) is 20.0. The molecule has 1 fully saturated rings. The van der Waals surface area contributed by atoms with Gasteiger partial charge < -0.3 is 11.1 Å². The van der Waals surface area contributed by atoms with Gasteiger partial charge in [-0.15, -0.1) is 10.2 Å². The quantitative estimate of drug-likeness (QED) is 0.673. The summed E-state index contributed by atoms with van der Waals surface area (Å²) in [5, 5.41) is 10.4. The second-order valence-electron chi connectivity index (χ2n) is 3.26. The van der Waals surface area contributed by atoms with E-state index in [1.165, 1.54) is 0 Å². The van der Waals surface area contributed by atoms with Gasteiger partial charge >= 0.3 is 0 Å². The zero-order chi connectivity index (χ0) is 10.2. The molecule has 3 N–H and O–H groups in total. The molecule has 1 aliphatic heterocycles. The highest BCUT2D eigenvalue weighted by Gasteiger charge is 2.33. The van der Waals surface area contributed by atoms with Gasteiger partial charge in [-0.3, -0.25) is 0 Å². The molecule has 1 aliphatic rings. The maximum Gasteiger partial charge on any atom is 0.154 e. The van der Waals surface area contributed by atoms with Gasteiger partial charge in [-0.25, -0.2) is 8.42 Å². The summed E-state index contributed by atoms with van der Waals surface area (Å²) in [7, 11) is -2.79. The maximum atomic E-state index is 10.8. The van der Waals surface area contributed by atoms with Crippen molar-refractivity contribution in [1.29, 1.82) is 0 Å². The molecule has 2 heterocycles. The van der Waals surface area contributed by atoms with Gasteiger partial charge in [0.05, 0.1) is 17.5 Å². The number of hydrogen-bond acceptors (Lipinski definition) is 6. The molecule has 76 valence electrons. The fourth-order valence-corrected chi connectivity index (χ4v) is 2.57. The number of nitrogens with one attached hydrogen (secondary N) is 1. The predicted molar refractivity (Wildman–Crippen MR) is 52.5 cm³/mol. The molecule has 0 amide bonds. The molecule has 1 saturated heterocycles. The van der Waals surface area contributed by atoms with Crippen molar-refractivity contribution in [2.24, 2.45) is 0 Å². The van der Waals surface area contributed by atoms with Crippen molar-refractivity contribution in [3.8, 4) is 0 Å². The van der Waals surface area contributed by atoms with Crippen molar-refractivity contribution < 1.29 is 8.42 Å². The average Bonchev–Trinajstić information content (AvgIpc) is 2.06. The Morgan fingerprint density at radius 3 is 2.57 bits per heavy atom.